The fraction of sp³-hybridized carbons (Fsp3) is 0.649. The summed E-state index contributed by atoms with van der Waals surface area (Å²) in [7, 11) is 0. The molecule has 0 amide bonds. The van der Waals surface area contributed by atoms with Crippen LogP contribution in [-0.2, 0) is 28.4 Å². The van der Waals surface area contributed by atoms with Crippen LogP contribution in [0.1, 0.15) is 198 Å². The van der Waals surface area contributed by atoms with Crippen molar-refractivity contribution >= 4 is 0 Å². The maximum absolute atomic E-state index is 12.6. The van der Waals surface area contributed by atoms with Crippen molar-refractivity contribution in [3.05, 3.63) is 152 Å². The van der Waals surface area contributed by atoms with Crippen LogP contribution in [0.5, 0.6) is 0 Å². The van der Waals surface area contributed by atoms with Gasteiger partial charge in [0.1, 0.15) is 23.3 Å². The molecule has 0 aromatic heterocycles. The van der Waals surface area contributed by atoms with Gasteiger partial charge in [0, 0.05) is 30.6 Å². The minimum Gasteiger partial charge on any atom is -0.378 e. The standard InChI is InChI=1S/C8H8F2.2C8H9F.C8H16.C8H14.C8H10.2C7H14O.2C6H12O2/c1-5-3-7(9)6(2)8(10)4-5;2*1-6-3-4-7(2)8(9)5-6;3*1-7-3-5-8(2)6-4-7;2*1-6-3-4-7(2)8-5-6;2*1-5-3-7-6(2)8-4-5/h3-4H,1-2H3;2*3-5H,1-2H3;7-8H,3-6H2,1-2H3;3,8H,4-6H2,1-2H3;3-6H,1-2H3;2*6-7H,3-5H2,1-2H3;2*5-6H,3-4H2,1-2H3. The molecule has 2 aliphatic carbocycles. The van der Waals surface area contributed by atoms with Gasteiger partial charge in [0.25, 0.3) is 0 Å². The van der Waals surface area contributed by atoms with E-state index < -0.39 is 11.6 Å². The quantitative estimate of drug-likeness (QED) is 0.129. The van der Waals surface area contributed by atoms with Crippen LogP contribution in [0.15, 0.2) is 84.4 Å². The zero-order valence-electron chi connectivity index (χ0n) is 56.3. The molecule has 4 aromatic carbocycles. The topological polar surface area (TPSA) is 55.4 Å². The first kappa shape index (κ1) is 78.1. The minimum absolute atomic E-state index is 0.0196. The third kappa shape index (κ3) is 39.7. The molecule has 0 bridgehead atoms. The van der Waals surface area contributed by atoms with Gasteiger partial charge in [-0.3, -0.25) is 0 Å². The maximum atomic E-state index is 12.6. The molecule has 478 valence electrons. The van der Waals surface area contributed by atoms with Gasteiger partial charge in [-0.1, -0.05) is 145 Å². The Morgan fingerprint density at radius 2 is 0.619 bits per heavy atom. The molecule has 5 fully saturated rings. The van der Waals surface area contributed by atoms with Crippen LogP contribution in [0.4, 0.5) is 17.6 Å². The maximum Gasteiger partial charge on any atom is 0.154 e. The van der Waals surface area contributed by atoms with E-state index in [4.69, 9.17) is 28.4 Å². The lowest BCUT2D eigenvalue weighted by atomic mass is 9.84. The normalized spacial score (nSPS) is 25.9. The molecular formula is C74H118F4O6. The zero-order chi connectivity index (χ0) is 63.3. The van der Waals surface area contributed by atoms with Crippen molar-refractivity contribution in [1.29, 1.82) is 0 Å². The molecule has 10 heteroatoms. The van der Waals surface area contributed by atoms with E-state index in [1.807, 2.05) is 39.8 Å². The van der Waals surface area contributed by atoms with Crippen LogP contribution >= 0.6 is 0 Å². The van der Waals surface area contributed by atoms with Crippen LogP contribution in [0.3, 0.4) is 0 Å². The summed E-state index contributed by atoms with van der Waals surface area (Å²) in [6, 6.07) is 21.6. The molecule has 0 spiro atoms. The molecule has 6 aliphatic rings. The van der Waals surface area contributed by atoms with Gasteiger partial charge in [0.15, 0.2) is 12.6 Å². The highest BCUT2D eigenvalue weighted by atomic mass is 19.1. The minimum atomic E-state index is -0.475. The molecule has 84 heavy (non-hydrogen) atoms. The van der Waals surface area contributed by atoms with Gasteiger partial charge in [-0.05, 0) is 217 Å². The van der Waals surface area contributed by atoms with E-state index >= 15 is 0 Å². The summed E-state index contributed by atoms with van der Waals surface area (Å²) in [6.45, 7) is 46.0. The number of benzene rings is 4. The van der Waals surface area contributed by atoms with E-state index in [0.717, 1.165) is 80.4 Å². The van der Waals surface area contributed by atoms with Crippen LogP contribution in [0.2, 0.25) is 0 Å². The molecule has 0 radical (unpaired) electrons. The average molecular weight is 1180 g/mol. The summed E-state index contributed by atoms with van der Waals surface area (Å²) in [6.07, 6.45) is 18.6. The van der Waals surface area contributed by atoms with Gasteiger partial charge < -0.3 is 28.4 Å². The highest BCUT2D eigenvalue weighted by Crippen LogP contribution is 2.27. The van der Waals surface area contributed by atoms with Crippen molar-refractivity contribution in [2.45, 2.75) is 234 Å². The number of halogens is 4. The molecule has 4 saturated heterocycles. The first-order valence-electron chi connectivity index (χ1n) is 31.8. The SMILES string of the molecule is CC1=CCC(C)CC1.CC1CCC(C)CC1.CC1CCC(C)OC1.CC1CCC(C)OC1.CC1COC(C)OC1.CC1COC(C)OC1.Cc1cc(F)c(C)c(F)c1.Cc1ccc(C)c(F)c1.Cc1ccc(C)c(F)c1.Cc1ccc(C)cc1. The second kappa shape index (κ2) is 44.5. The van der Waals surface area contributed by atoms with Crippen molar-refractivity contribution < 1.29 is 46.0 Å². The number of allylic oxidation sites excluding steroid dienone is 2. The van der Waals surface area contributed by atoms with Crippen LogP contribution in [0, 0.1) is 120 Å². The number of aryl methyl sites for hydroxylation is 7. The van der Waals surface area contributed by atoms with E-state index in [0.29, 0.717) is 40.7 Å². The first-order chi connectivity index (χ1) is 39.5. The third-order valence-corrected chi connectivity index (χ3v) is 15.4. The van der Waals surface area contributed by atoms with Crippen molar-refractivity contribution in [2.75, 3.05) is 39.6 Å². The summed E-state index contributed by atoms with van der Waals surface area (Å²) in [5.74, 6) is 4.55. The number of hydrogen-bond acceptors (Lipinski definition) is 6. The second-order valence-electron chi connectivity index (χ2n) is 25.6. The van der Waals surface area contributed by atoms with Crippen LogP contribution in [0.25, 0.3) is 0 Å². The lowest BCUT2D eigenvalue weighted by Gasteiger charge is -2.24. The molecule has 0 N–H and O–H groups in total. The highest BCUT2D eigenvalue weighted by Gasteiger charge is 2.17. The van der Waals surface area contributed by atoms with Crippen molar-refractivity contribution in [3.8, 4) is 0 Å². The fourth-order valence-electron chi connectivity index (χ4n) is 8.75. The fourth-order valence-corrected chi connectivity index (χ4v) is 8.75. The van der Waals surface area contributed by atoms with E-state index in [9.17, 15) is 17.6 Å². The Hall–Kier alpha value is -3.90. The molecule has 6 nitrogen and oxygen atoms in total. The summed E-state index contributed by atoms with van der Waals surface area (Å²) in [5.41, 5.74) is 8.30. The Kier molecular flexibility index (Phi) is 41.4. The van der Waals surface area contributed by atoms with E-state index in [1.54, 1.807) is 38.5 Å². The molecule has 1 saturated carbocycles. The molecular weight excluding hydrogens is 1060 g/mol. The van der Waals surface area contributed by atoms with Gasteiger partial charge >= 0.3 is 0 Å². The van der Waals surface area contributed by atoms with Crippen molar-refractivity contribution in [1.82, 2.24) is 0 Å². The smallest absolute Gasteiger partial charge is 0.154 e. The number of ether oxygens (including phenoxy) is 6. The summed E-state index contributed by atoms with van der Waals surface area (Å²) in [4.78, 5) is 0. The van der Waals surface area contributed by atoms with E-state index in [-0.39, 0.29) is 29.8 Å². The molecule has 4 aliphatic heterocycles. The summed E-state index contributed by atoms with van der Waals surface area (Å²) < 4.78 is 81.8. The average Bonchev–Trinajstić information content (AvgIpc) is 3.52. The van der Waals surface area contributed by atoms with Crippen LogP contribution < -0.4 is 0 Å². The Labute approximate surface area is 511 Å². The lowest BCUT2D eigenvalue weighted by Crippen LogP contribution is -2.27. The molecule has 5 unspecified atom stereocenters. The predicted octanol–water partition coefficient (Wildman–Crippen LogP) is 21.0. The molecule has 5 atom stereocenters. The summed E-state index contributed by atoms with van der Waals surface area (Å²) in [5, 5.41) is 0. The summed E-state index contributed by atoms with van der Waals surface area (Å²) >= 11 is 0. The first-order valence-corrected chi connectivity index (χ1v) is 31.8. The molecule has 10 rings (SSSR count). The third-order valence-electron chi connectivity index (χ3n) is 15.4. The Morgan fingerprint density at radius 1 is 0.310 bits per heavy atom. The van der Waals surface area contributed by atoms with E-state index in [2.05, 4.69) is 113 Å². The largest absolute Gasteiger partial charge is 0.378 e. The van der Waals surface area contributed by atoms with Crippen molar-refractivity contribution in [2.24, 2.45) is 41.4 Å². The number of hydrogen-bond donors (Lipinski definition) is 0. The van der Waals surface area contributed by atoms with Gasteiger partial charge in [-0.25, -0.2) is 17.6 Å². The highest BCUT2D eigenvalue weighted by molar-refractivity contribution is 5.24. The zero-order valence-corrected chi connectivity index (χ0v) is 56.3. The lowest BCUT2D eigenvalue weighted by molar-refractivity contribution is -0.187. The second-order valence-corrected chi connectivity index (χ2v) is 25.6. The van der Waals surface area contributed by atoms with Gasteiger partial charge in [-0.2, -0.15) is 0 Å². The van der Waals surface area contributed by atoms with Gasteiger partial charge in [0.2, 0.25) is 0 Å². The molecule has 4 aromatic rings. The predicted molar refractivity (Wildman–Crippen MR) is 346 cm³/mol. The monoisotopic (exact) mass is 1180 g/mol. The number of rotatable bonds is 0. The van der Waals surface area contributed by atoms with Gasteiger partial charge in [-0.15, -0.1) is 0 Å². The molecule has 4 heterocycles. The van der Waals surface area contributed by atoms with E-state index in [1.165, 1.54) is 113 Å². The van der Waals surface area contributed by atoms with Gasteiger partial charge in [0.05, 0.1) is 38.6 Å². The Morgan fingerprint density at radius 3 is 0.869 bits per heavy atom. The van der Waals surface area contributed by atoms with Crippen molar-refractivity contribution in [3.63, 3.8) is 0 Å². The Bertz CT molecular complexity index is 2060. The van der Waals surface area contributed by atoms with Crippen LogP contribution in [-0.4, -0.2) is 64.4 Å². The Balaban J connectivity index is 0.000000467.